The summed E-state index contributed by atoms with van der Waals surface area (Å²) in [6, 6.07) is 0. The quantitative estimate of drug-likeness (QED) is 0.638. The molecule has 0 spiro atoms. The molecule has 1 aromatic rings. The summed E-state index contributed by atoms with van der Waals surface area (Å²) in [4.78, 5) is 8.03. The number of rotatable bonds is 0. The average Bonchev–Trinajstić information content (AvgIpc) is 1.77. The zero-order valence-electron chi connectivity index (χ0n) is 5.76. The zero-order valence-corrected chi connectivity index (χ0v) is 11.3. The van der Waals surface area contributed by atoms with Crippen molar-refractivity contribution in [1.82, 2.24) is 9.97 Å². The van der Waals surface area contributed by atoms with Crippen LogP contribution in [0.4, 0.5) is 0 Å². The van der Waals surface area contributed by atoms with Crippen molar-refractivity contribution in [2.75, 3.05) is 0 Å². The van der Waals surface area contributed by atoms with E-state index in [1.165, 1.54) is 0 Å². The molecule has 1 heterocycles. The van der Waals surface area contributed by atoms with Crippen LogP contribution in [0.1, 0.15) is 11.4 Å². The third-order valence-electron chi connectivity index (χ3n) is 1.13. The van der Waals surface area contributed by atoms with Gasteiger partial charge in [0.1, 0.15) is 0 Å². The van der Waals surface area contributed by atoms with Crippen molar-refractivity contribution in [3.63, 3.8) is 0 Å². The second-order valence-electron chi connectivity index (χ2n) is 1.73. The molecule has 1 rings (SSSR count). The summed E-state index contributed by atoms with van der Waals surface area (Å²) in [5, 5.41) is 0. The number of aromatic nitrogens is 2. The molecule has 0 amide bonds. The fraction of sp³-hybridized carbons (Fsp3) is 0.333. The van der Waals surface area contributed by atoms with Crippen LogP contribution in [0.25, 0.3) is 0 Å². The van der Waals surface area contributed by atoms with Crippen molar-refractivity contribution in [3.8, 4) is 0 Å². The van der Waals surface area contributed by atoms with Gasteiger partial charge in [0.25, 0.3) is 0 Å². The van der Waals surface area contributed by atoms with Gasteiger partial charge in [-0.15, -0.1) is 0 Å². The van der Waals surface area contributed by atoms with Crippen LogP contribution < -0.4 is 0 Å². The first-order valence-corrected chi connectivity index (χ1v) is 2.55. The maximum atomic E-state index is 4.02. The van der Waals surface area contributed by atoms with Gasteiger partial charge in [0, 0.05) is 12.4 Å². The number of nitrogens with zero attached hydrogens (tertiary/aromatic N) is 2. The topological polar surface area (TPSA) is 25.8 Å². The third kappa shape index (κ3) is 2.38. The van der Waals surface area contributed by atoms with E-state index in [4.69, 9.17) is 0 Å². The number of hydrogen-bond donors (Lipinski definition) is 0. The molecule has 0 atom stereocenters. The molecule has 0 aliphatic carbocycles. The van der Waals surface area contributed by atoms with E-state index in [1.807, 2.05) is 13.8 Å². The van der Waals surface area contributed by atoms with Gasteiger partial charge < -0.3 is 0 Å². The molecular formula is C6H10N2Pb. The molecule has 0 aliphatic heterocycles. The Kier molecular flexibility index (Phi) is 3.92. The first-order chi connectivity index (χ1) is 3.80. The predicted octanol–water partition coefficient (Wildman–Crippen LogP) is 0.177. The number of aryl methyl sites for hydroxylation is 2. The maximum absolute atomic E-state index is 4.02. The monoisotopic (exact) mass is 318 g/mol. The SMILES string of the molecule is Cc1nccnc1C.[PbH2]. The zero-order chi connectivity index (χ0) is 5.98. The molecule has 48 valence electrons. The van der Waals surface area contributed by atoms with Crippen LogP contribution in [0, 0.1) is 13.8 Å². The van der Waals surface area contributed by atoms with Gasteiger partial charge >= 0.3 is 27.3 Å². The minimum absolute atomic E-state index is 0. The van der Waals surface area contributed by atoms with E-state index in [9.17, 15) is 0 Å². The summed E-state index contributed by atoms with van der Waals surface area (Å²) < 4.78 is 0. The molecular weight excluding hydrogens is 307 g/mol. The molecule has 0 aliphatic rings. The van der Waals surface area contributed by atoms with E-state index in [2.05, 4.69) is 9.97 Å². The van der Waals surface area contributed by atoms with Crippen molar-refractivity contribution < 1.29 is 0 Å². The summed E-state index contributed by atoms with van der Waals surface area (Å²) in [5.74, 6) is 0. The molecule has 0 fully saturated rings. The summed E-state index contributed by atoms with van der Waals surface area (Å²) in [5.41, 5.74) is 2.01. The van der Waals surface area contributed by atoms with E-state index in [0.29, 0.717) is 0 Å². The van der Waals surface area contributed by atoms with Gasteiger partial charge in [-0.1, -0.05) is 0 Å². The van der Waals surface area contributed by atoms with E-state index < -0.39 is 0 Å². The molecule has 3 heteroatoms. The molecule has 0 bridgehead atoms. The van der Waals surface area contributed by atoms with Gasteiger partial charge in [0.15, 0.2) is 0 Å². The Morgan fingerprint density at radius 1 is 1.00 bits per heavy atom. The molecule has 0 unspecified atom stereocenters. The van der Waals surface area contributed by atoms with Crippen LogP contribution in [0.5, 0.6) is 0 Å². The minimum atomic E-state index is 0. The third-order valence-corrected chi connectivity index (χ3v) is 1.13. The van der Waals surface area contributed by atoms with Gasteiger partial charge in [-0.2, -0.15) is 0 Å². The average molecular weight is 317 g/mol. The van der Waals surface area contributed by atoms with Gasteiger partial charge in [-0.05, 0) is 13.8 Å². The Hall–Kier alpha value is 0.00208. The Morgan fingerprint density at radius 2 is 1.33 bits per heavy atom. The molecule has 0 aromatic carbocycles. The Bertz CT molecular complexity index is 167. The van der Waals surface area contributed by atoms with Crippen molar-refractivity contribution in [1.29, 1.82) is 0 Å². The molecule has 1 aromatic heterocycles. The van der Waals surface area contributed by atoms with Crippen molar-refractivity contribution in [3.05, 3.63) is 23.8 Å². The van der Waals surface area contributed by atoms with Gasteiger partial charge in [-0.25, -0.2) is 0 Å². The summed E-state index contributed by atoms with van der Waals surface area (Å²) >= 11 is 0. The first kappa shape index (κ1) is 9.00. The summed E-state index contributed by atoms with van der Waals surface area (Å²) in [7, 11) is 0. The van der Waals surface area contributed by atoms with Crippen molar-refractivity contribution in [2.45, 2.75) is 13.8 Å². The van der Waals surface area contributed by atoms with E-state index in [-0.39, 0.29) is 27.3 Å². The molecule has 2 nitrogen and oxygen atoms in total. The Morgan fingerprint density at radius 3 is 1.56 bits per heavy atom. The molecule has 9 heavy (non-hydrogen) atoms. The fourth-order valence-electron chi connectivity index (χ4n) is 0.477. The van der Waals surface area contributed by atoms with Crippen LogP contribution in [-0.2, 0) is 0 Å². The first-order valence-electron chi connectivity index (χ1n) is 2.55. The summed E-state index contributed by atoms with van der Waals surface area (Å²) in [6.07, 6.45) is 3.39. The molecule has 0 saturated heterocycles. The predicted molar refractivity (Wildman–Crippen MR) is 40.1 cm³/mol. The molecule has 2 radical (unpaired) electrons. The van der Waals surface area contributed by atoms with Crippen molar-refractivity contribution >= 4 is 27.3 Å². The van der Waals surface area contributed by atoms with Crippen LogP contribution in [0.3, 0.4) is 0 Å². The van der Waals surface area contributed by atoms with Crippen LogP contribution in [-0.4, -0.2) is 37.3 Å². The molecule has 0 N–H and O–H groups in total. The number of hydrogen-bond acceptors (Lipinski definition) is 2. The second kappa shape index (κ2) is 3.92. The van der Waals surface area contributed by atoms with E-state index >= 15 is 0 Å². The van der Waals surface area contributed by atoms with Crippen molar-refractivity contribution in [2.24, 2.45) is 0 Å². The Labute approximate surface area is 74.9 Å². The molecule has 0 saturated carbocycles. The van der Waals surface area contributed by atoms with Gasteiger partial charge in [0.05, 0.1) is 11.4 Å². The van der Waals surface area contributed by atoms with Gasteiger partial charge in [0.2, 0.25) is 0 Å². The van der Waals surface area contributed by atoms with Crippen LogP contribution >= 0.6 is 0 Å². The fourth-order valence-corrected chi connectivity index (χ4v) is 0.477. The van der Waals surface area contributed by atoms with Crippen LogP contribution in [0.2, 0.25) is 0 Å². The van der Waals surface area contributed by atoms with E-state index in [1.54, 1.807) is 12.4 Å². The normalized spacial score (nSPS) is 8.22. The standard InChI is InChI=1S/C6H8N2.Pb.2H/c1-5-6(2)8-4-3-7-5;;;/h3-4H,1-2H3;;;. The summed E-state index contributed by atoms with van der Waals surface area (Å²) in [6.45, 7) is 3.89. The Balaban J connectivity index is 0.000000640. The second-order valence-corrected chi connectivity index (χ2v) is 1.73. The van der Waals surface area contributed by atoms with Crippen LogP contribution in [0.15, 0.2) is 12.4 Å². The van der Waals surface area contributed by atoms with Gasteiger partial charge in [-0.3, -0.25) is 9.97 Å². The van der Waals surface area contributed by atoms with E-state index in [0.717, 1.165) is 11.4 Å².